The number of nitrogens with zero attached hydrogens (tertiary/aromatic N) is 5. The van der Waals surface area contributed by atoms with Crippen molar-refractivity contribution in [3.05, 3.63) is 71.0 Å². The van der Waals surface area contributed by atoms with Gasteiger partial charge < -0.3 is 20.8 Å². The zero-order valence-electron chi connectivity index (χ0n) is 23.1. The Morgan fingerprint density at radius 1 is 1.12 bits per heavy atom. The van der Waals surface area contributed by atoms with Gasteiger partial charge >= 0.3 is 0 Å². The van der Waals surface area contributed by atoms with Gasteiger partial charge in [-0.15, -0.1) is 0 Å². The highest BCUT2D eigenvalue weighted by atomic mass is 16.5. The van der Waals surface area contributed by atoms with E-state index in [1.54, 1.807) is 27.4 Å². The lowest BCUT2D eigenvalue weighted by molar-refractivity contribution is -0.130. The number of hydrogen-bond donors (Lipinski definition) is 3. The van der Waals surface area contributed by atoms with E-state index in [1.165, 1.54) is 19.2 Å². The number of primary amides is 1. The van der Waals surface area contributed by atoms with E-state index in [0.29, 0.717) is 60.6 Å². The quantitative estimate of drug-likeness (QED) is 0.231. The van der Waals surface area contributed by atoms with Crippen molar-refractivity contribution >= 4 is 34.7 Å². The summed E-state index contributed by atoms with van der Waals surface area (Å²) in [6.07, 6.45) is 0.844. The zero-order valence-corrected chi connectivity index (χ0v) is 23.1. The number of methoxy groups -OCH3 is 1. The summed E-state index contributed by atoms with van der Waals surface area (Å²) in [5, 5.41) is 7.18. The Labute approximate surface area is 232 Å². The summed E-state index contributed by atoms with van der Waals surface area (Å²) in [6, 6.07) is 14.6. The van der Waals surface area contributed by atoms with Gasteiger partial charge in [0.15, 0.2) is 0 Å². The van der Waals surface area contributed by atoms with Crippen LogP contribution in [-0.2, 0) is 17.9 Å². The fourth-order valence-electron chi connectivity index (χ4n) is 4.41. The topological polar surface area (TPSA) is 149 Å². The van der Waals surface area contributed by atoms with Crippen LogP contribution in [0.15, 0.2) is 48.5 Å². The largest absolute Gasteiger partial charge is 0.494 e. The molecule has 0 aliphatic rings. The van der Waals surface area contributed by atoms with Crippen LogP contribution in [0.5, 0.6) is 5.75 Å². The van der Waals surface area contributed by atoms with E-state index < -0.39 is 11.8 Å². The highest BCUT2D eigenvalue weighted by molar-refractivity contribution is 6.04. The smallest absolute Gasteiger partial charge is 0.276 e. The van der Waals surface area contributed by atoms with E-state index in [4.69, 9.17) is 10.5 Å². The second-order valence-corrected chi connectivity index (χ2v) is 9.37. The van der Waals surface area contributed by atoms with Gasteiger partial charge in [0.1, 0.15) is 17.0 Å². The van der Waals surface area contributed by atoms with Crippen molar-refractivity contribution in [3.63, 3.8) is 0 Å². The first kappa shape index (κ1) is 28.1. The molecule has 0 spiro atoms. The molecule has 4 aromatic rings. The van der Waals surface area contributed by atoms with Crippen molar-refractivity contribution in [2.45, 2.75) is 39.8 Å². The number of nitrogens with two attached hydrogens (primary N) is 1. The summed E-state index contributed by atoms with van der Waals surface area (Å²) in [5.41, 5.74) is 12.0. The van der Waals surface area contributed by atoms with Crippen molar-refractivity contribution < 1.29 is 19.1 Å². The molecule has 4 N–H and O–H groups in total. The number of carbonyl (C=O) groups excluding carboxylic acids is 3. The van der Waals surface area contributed by atoms with Crippen LogP contribution in [0.4, 0.5) is 5.95 Å². The molecule has 2 aromatic carbocycles. The van der Waals surface area contributed by atoms with E-state index in [-0.39, 0.29) is 17.4 Å². The van der Waals surface area contributed by atoms with E-state index >= 15 is 0 Å². The molecule has 0 atom stereocenters. The number of imidazole rings is 1. The molecular weight excluding hydrogens is 512 g/mol. The normalized spacial score (nSPS) is 10.9. The van der Waals surface area contributed by atoms with Gasteiger partial charge in [0.2, 0.25) is 17.8 Å². The number of aryl methyl sites for hydroxylation is 2. The summed E-state index contributed by atoms with van der Waals surface area (Å²) >= 11 is 0. The molecular formula is C28H34N8O4. The van der Waals surface area contributed by atoms with Crippen LogP contribution in [0.1, 0.15) is 51.9 Å². The fraction of sp³-hybridized carbons (Fsp3) is 0.321. The number of nitrogens with one attached hydrogen (secondary N) is 2. The van der Waals surface area contributed by atoms with Crippen LogP contribution in [0.2, 0.25) is 0 Å². The maximum Gasteiger partial charge on any atom is 0.276 e. The molecule has 0 unspecified atom stereocenters. The minimum atomic E-state index is -0.631. The maximum absolute atomic E-state index is 13.2. The SMILES string of the molecule is CCn1nc(C)cc1C(=O)Nc1nc2cc(C(N)=O)cc(OC)c2n1NCCCC(=O)N(C)Cc1ccccc1. The number of carbonyl (C=O) groups is 3. The first-order valence-corrected chi connectivity index (χ1v) is 13.0. The molecule has 12 heteroatoms. The summed E-state index contributed by atoms with van der Waals surface area (Å²) < 4.78 is 8.74. The highest BCUT2D eigenvalue weighted by Crippen LogP contribution is 2.30. The molecule has 0 aliphatic heterocycles. The summed E-state index contributed by atoms with van der Waals surface area (Å²) in [7, 11) is 3.25. The van der Waals surface area contributed by atoms with Gasteiger partial charge in [-0.1, -0.05) is 30.3 Å². The first-order chi connectivity index (χ1) is 19.2. The van der Waals surface area contributed by atoms with Crippen molar-refractivity contribution in [2.75, 3.05) is 31.4 Å². The summed E-state index contributed by atoms with van der Waals surface area (Å²) in [5.74, 6) is -0.475. The Hall–Kier alpha value is -4.87. The van der Waals surface area contributed by atoms with Gasteiger partial charge in [0.05, 0.1) is 18.3 Å². The molecule has 0 saturated heterocycles. The Morgan fingerprint density at radius 2 is 1.88 bits per heavy atom. The van der Waals surface area contributed by atoms with Crippen LogP contribution in [0.25, 0.3) is 11.0 Å². The number of aromatic nitrogens is 4. The predicted molar refractivity (Wildman–Crippen MR) is 152 cm³/mol. The standard InChI is InChI=1S/C28H34N8O4/c1-5-35-22(14-18(2)33-35)27(39)32-28-31-21-15-20(26(29)38)16-23(40-4)25(21)36(28)30-13-9-12-24(37)34(3)17-19-10-7-6-8-11-19/h6-8,10-11,14-16,30H,5,9,12-13,17H2,1-4H3,(H2,29,38)(H,31,32,39). The molecule has 2 aromatic heterocycles. The van der Waals surface area contributed by atoms with Gasteiger partial charge in [-0.3, -0.25) is 24.4 Å². The molecule has 0 fully saturated rings. The molecule has 12 nitrogen and oxygen atoms in total. The van der Waals surface area contributed by atoms with Gasteiger partial charge in [0, 0.05) is 38.7 Å². The molecule has 210 valence electrons. The van der Waals surface area contributed by atoms with Crippen LogP contribution in [-0.4, -0.2) is 62.8 Å². The molecule has 3 amide bonds. The Balaban J connectivity index is 1.55. The molecule has 4 rings (SSSR count). The lowest BCUT2D eigenvalue weighted by atomic mass is 10.1. The lowest BCUT2D eigenvalue weighted by Crippen LogP contribution is -2.27. The average molecular weight is 547 g/mol. The minimum absolute atomic E-state index is 0.0153. The van der Waals surface area contributed by atoms with Crippen LogP contribution in [0, 0.1) is 6.92 Å². The summed E-state index contributed by atoms with van der Waals surface area (Å²) in [4.78, 5) is 44.0. The van der Waals surface area contributed by atoms with Crippen molar-refractivity contribution in [1.82, 2.24) is 24.3 Å². The highest BCUT2D eigenvalue weighted by Gasteiger charge is 2.22. The maximum atomic E-state index is 13.2. The van der Waals surface area contributed by atoms with E-state index in [2.05, 4.69) is 20.8 Å². The number of ether oxygens (including phenoxy) is 1. The van der Waals surface area contributed by atoms with Gasteiger partial charge in [-0.2, -0.15) is 5.10 Å². The molecule has 40 heavy (non-hydrogen) atoms. The number of benzene rings is 2. The first-order valence-electron chi connectivity index (χ1n) is 13.0. The second kappa shape index (κ2) is 12.3. The van der Waals surface area contributed by atoms with Gasteiger partial charge in [0.25, 0.3) is 5.91 Å². The van der Waals surface area contributed by atoms with Crippen LogP contribution >= 0.6 is 0 Å². The summed E-state index contributed by atoms with van der Waals surface area (Å²) in [6.45, 7) is 5.16. The third kappa shape index (κ3) is 6.22. The Bertz CT molecular complexity index is 1530. The Kier molecular flexibility index (Phi) is 8.67. The third-order valence-electron chi connectivity index (χ3n) is 6.41. The van der Waals surface area contributed by atoms with E-state index in [0.717, 1.165) is 5.56 Å². The lowest BCUT2D eigenvalue weighted by Gasteiger charge is -2.18. The minimum Gasteiger partial charge on any atom is -0.494 e. The van der Waals surface area contributed by atoms with E-state index in [9.17, 15) is 14.4 Å². The van der Waals surface area contributed by atoms with Crippen molar-refractivity contribution in [3.8, 4) is 5.75 Å². The fourth-order valence-corrected chi connectivity index (χ4v) is 4.41. The molecule has 0 bridgehead atoms. The van der Waals surface area contributed by atoms with Crippen molar-refractivity contribution in [1.29, 1.82) is 0 Å². The van der Waals surface area contributed by atoms with Crippen LogP contribution in [0.3, 0.4) is 0 Å². The van der Waals surface area contributed by atoms with Gasteiger partial charge in [-0.05, 0) is 44.0 Å². The Morgan fingerprint density at radius 3 is 2.55 bits per heavy atom. The number of hydrogen-bond acceptors (Lipinski definition) is 7. The van der Waals surface area contributed by atoms with Crippen LogP contribution < -0.4 is 21.2 Å². The molecule has 0 aliphatic carbocycles. The number of fused-ring (bicyclic) bond motifs is 1. The van der Waals surface area contributed by atoms with Crippen molar-refractivity contribution in [2.24, 2.45) is 5.73 Å². The van der Waals surface area contributed by atoms with Gasteiger partial charge in [-0.25, -0.2) is 9.66 Å². The number of anilines is 1. The number of amides is 3. The molecule has 2 heterocycles. The molecule has 0 saturated carbocycles. The predicted octanol–water partition coefficient (Wildman–Crippen LogP) is 2.90. The second-order valence-electron chi connectivity index (χ2n) is 9.37. The third-order valence-corrected chi connectivity index (χ3v) is 6.41. The van der Waals surface area contributed by atoms with E-state index in [1.807, 2.05) is 44.2 Å². The number of rotatable bonds is 12. The monoisotopic (exact) mass is 546 g/mol. The molecule has 0 radical (unpaired) electrons. The average Bonchev–Trinajstić information content (AvgIpc) is 3.50. The zero-order chi connectivity index (χ0) is 28.8.